The molecule has 1 unspecified atom stereocenters. The first-order valence-corrected chi connectivity index (χ1v) is 6.13. The summed E-state index contributed by atoms with van der Waals surface area (Å²) < 4.78 is 5.63. The molecule has 1 aliphatic heterocycles. The van der Waals surface area contributed by atoms with Crippen molar-refractivity contribution in [1.29, 1.82) is 0 Å². The van der Waals surface area contributed by atoms with Gasteiger partial charge in [-0.25, -0.2) is 0 Å². The Kier molecular flexibility index (Phi) is 3.36. The van der Waals surface area contributed by atoms with Crippen LogP contribution < -0.4 is 9.64 Å². The molecule has 0 spiro atoms. The fourth-order valence-corrected chi connectivity index (χ4v) is 2.13. The highest BCUT2D eigenvalue weighted by atomic mass is 16.5. The fraction of sp³-hybridized carbons (Fsp3) is 0.500. The Balaban J connectivity index is 2.29. The zero-order valence-electron chi connectivity index (χ0n) is 10.6. The van der Waals surface area contributed by atoms with Gasteiger partial charge in [0, 0.05) is 6.42 Å². The van der Waals surface area contributed by atoms with Crippen molar-refractivity contribution in [2.75, 3.05) is 11.5 Å². The molecular formula is C14H19NO2. The second kappa shape index (κ2) is 4.78. The van der Waals surface area contributed by atoms with Crippen molar-refractivity contribution in [1.82, 2.24) is 0 Å². The standard InChI is InChI=1S/C14H19NO2/c1-10(2)8-14(16)15-11(3)9-17-13-7-5-4-6-12(13)15/h4-7,10-11H,8-9H2,1-3H3. The maximum atomic E-state index is 12.3. The number of benzene rings is 1. The topological polar surface area (TPSA) is 29.5 Å². The number of amides is 1. The molecular weight excluding hydrogens is 214 g/mol. The molecule has 0 aromatic heterocycles. The SMILES string of the molecule is CC(C)CC(=O)N1c2ccccc2OCC1C. The van der Waals surface area contributed by atoms with E-state index in [1.54, 1.807) is 0 Å². The van der Waals surface area contributed by atoms with Gasteiger partial charge >= 0.3 is 0 Å². The van der Waals surface area contributed by atoms with Gasteiger partial charge in [0.15, 0.2) is 0 Å². The van der Waals surface area contributed by atoms with Crippen LogP contribution in [0.3, 0.4) is 0 Å². The van der Waals surface area contributed by atoms with Crippen LogP contribution in [0.1, 0.15) is 27.2 Å². The number of ether oxygens (including phenoxy) is 1. The maximum Gasteiger partial charge on any atom is 0.227 e. The minimum atomic E-state index is 0.108. The Morgan fingerprint density at radius 2 is 2.18 bits per heavy atom. The lowest BCUT2D eigenvalue weighted by atomic mass is 10.1. The smallest absolute Gasteiger partial charge is 0.227 e. The lowest BCUT2D eigenvalue weighted by Gasteiger charge is -2.35. The zero-order chi connectivity index (χ0) is 12.4. The van der Waals surface area contributed by atoms with E-state index >= 15 is 0 Å². The summed E-state index contributed by atoms with van der Waals surface area (Å²) in [5.74, 6) is 1.37. The molecule has 1 aromatic rings. The molecule has 1 atom stereocenters. The van der Waals surface area contributed by atoms with E-state index in [1.165, 1.54) is 0 Å². The largest absolute Gasteiger partial charge is 0.489 e. The molecule has 1 amide bonds. The molecule has 1 aromatic carbocycles. The number of anilines is 1. The Labute approximate surface area is 102 Å². The first kappa shape index (κ1) is 12.0. The van der Waals surface area contributed by atoms with Gasteiger partial charge < -0.3 is 9.64 Å². The van der Waals surface area contributed by atoms with Crippen molar-refractivity contribution in [3.05, 3.63) is 24.3 Å². The summed E-state index contributed by atoms with van der Waals surface area (Å²) in [6.45, 7) is 6.72. The molecule has 17 heavy (non-hydrogen) atoms. The van der Waals surface area contributed by atoms with Gasteiger partial charge in [-0.15, -0.1) is 0 Å². The number of carbonyl (C=O) groups is 1. The third-order valence-corrected chi connectivity index (χ3v) is 2.90. The lowest BCUT2D eigenvalue weighted by Crippen LogP contribution is -2.45. The van der Waals surface area contributed by atoms with E-state index in [2.05, 4.69) is 13.8 Å². The van der Waals surface area contributed by atoms with Crippen LogP contribution in [-0.2, 0) is 4.79 Å². The number of nitrogens with zero attached hydrogens (tertiary/aromatic N) is 1. The highest BCUT2D eigenvalue weighted by Crippen LogP contribution is 2.34. The molecule has 1 heterocycles. The van der Waals surface area contributed by atoms with Crippen molar-refractivity contribution >= 4 is 11.6 Å². The van der Waals surface area contributed by atoms with Crippen LogP contribution in [0.15, 0.2) is 24.3 Å². The Bertz CT molecular complexity index is 414. The molecule has 0 fully saturated rings. The van der Waals surface area contributed by atoms with Crippen molar-refractivity contribution in [2.45, 2.75) is 33.2 Å². The van der Waals surface area contributed by atoms with E-state index in [1.807, 2.05) is 36.1 Å². The molecule has 0 saturated heterocycles. The average molecular weight is 233 g/mol. The van der Waals surface area contributed by atoms with Gasteiger partial charge in [-0.2, -0.15) is 0 Å². The third kappa shape index (κ3) is 2.43. The minimum absolute atomic E-state index is 0.108. The van der Waals surface area contributed by atoms with Gasteiger partial charge in [0.2, 0.25) is 5.91 Å². The van der Waals surface area contributed by atoms with Crippen LogP contribution in [0.25, 0.3) is 0 Å². The molecule has 2 rings (SSSR count). The third-order valence-electron chi connectivity index (χ3n) is 2.90. The normalized spacial score (nSPS) is 18.8. The monoisotopic (exact) mass is 233 g/mol. The molecule has 1 aliphatic rings. The van der Waals surface area contributed by atoms with Crippen molar-refractivity contribution < 1.29 is 9.53 Å². The zero-order valence-corrected chi connectivity index (χ0v) is 10.6. The average Bonchev–Trinajstić information content (AvgIpc) is 2.27. The molecule has 92 valence electrons. The van der Waals surface area contributed by atoms with Crippen molar-refractivity contribution in [3.63, 3.8) is 0 Å². The highest BCUT2D eigenvalue weighted by molar-refractivity contribution is 5.96. The predicted octanol–water partition coefficient (Wildman–Crippen LogP) is 2.85. The highest BCUT2D eigenvalue weighted by Gasteiger charge is 2.29. The Morgan fingerprint density at radius 1 is 1.47 bits per heavy atom. The quantitative estimate of drug-likeness (QED) is 0.786. The second-order valence-electron chi connectivity index (χ2n) is 4.99. The van der Waals surface area contributed by atoms with E-state index in [0.29, 0.717) is 18.9 Å². The lowest BCUT2D eigenvalue weighted by molar-refractivity contribution is -0.120. The van der Waals surface area contributed by atoms with Gasteiger partial charge in [-0.1, -0.05) is 26.0 Å². The summed E-state index contributed by atoms with van der Waals surface area (Å²) in [4.78, 5) is 14.1. The molecule has 0 radical (unpaired) electrons. The first-order chi connectivity index (χ1) is 8.09. The van der Waals surface area contributed by atoms with E-state index in [9.17, 15) is 4.79 Å². The molecule has 3 heteroatoms. The number of fused-ring (bicyclic) bond motifs is 1. The number of rotatable bonds is 2. The minimum Gasteiger partial charge on any atom is -0.489 e. The van der Waals surface area contributed by atoms with Crippen molar-refractivity contribution in [3.8, 4) is 5.75 Å². The summed E-state index contributed by atoms with van der Waals surface area (Å²) in [5, 5.41) is 0. The predicted molar refractivity (Wildman–Crippen MR) is 68.3 cm³/mol. The van der Waals surface area contributed by atoms with Crippen LogP contribution in [0.4, 0.5) is 5.69 Å². The number of hydrogen-bond acceptors (Lipinski definition) is 2. The van der Waals surface area contributed by atoms with Crippen LogP contribution >= 0.6 is 0 Å². The summed E-state index contributed by atoms with van der Waals surface area (Å²) in [7, 11) is 0. The van der Waals surface area contributed by atoms with E-state index < -0.39 is 0 Å². The van der Waals surface area contributed by atoms with Crippen LogP contribution in [0.5, 0.6) is 5.75 Å². The summed E-state index contributed by atoms with van der Waals surface area (Å²) in [5.41, 5.74) is 0.900. The summed E-state index contributed by atoms with van der Waals surface area (Å²) in [6.07, 6.45) is 0.582. The van der Waals surface area contributed by atoms with E-state index in [-0.39, 0.29) is 11.9 Å². The molecule has 0 N–H and O–H groups in total. The van der Waals surface area contributed by atoms with Crippen LogP contribution in [-0.4, -0.2) is 18.6 Å². The van der Waals surface area contributed by atoms with Gasteiger partial charge in [0.25, 0.3) is 0 Å². The van der Waals surface area contributed by atoms with E-state index in [0.717, 1.165) is 11.4 Å². The molecule has 0 aliphatic carbocycles. The Morgan fingerprint density at radius 3 is 2.88 bits per heavy atom. The van der Waals surface area contributed by atoms with Crippen molar-refractivity contribution in [2.24, 2.45) is 5.92 Å². The van der Waals surface area contributed by atoms with Crippen LogP contribution in [0.2, 0.25) is 0 Å². The molecule has 3 nitrogen and oxygen atoms in total. The number of para-hydroxylation sites is 2. The second-order valence-corrected chi connectivity index (χ2v) is 4.99. The first-order valence-electron chi connectivity index (χ1n) is 6.13. The fourth-order valence-electron chi connectivity index (χ4n) is 2.13. The van der Waals surface area contributed by atoms with Gasteiger partial charge in [-0.3, -0.25) is 4.79 Å². The molecule has 0 saturated carbocycles. The van der Waals surface area contributed by atoms with E-state index in [4.69, 9.17) is 4.74 Å². The van der Waals surface area contributed by atoms with Gasteiger partial charge in [0.1, 0.15) is 12.4 Å². The van der Waals surface area contributed by atoms with Crippen LogP contribution in [0, 0.1) is 5.92 Å². The summed E-state index contributed by atoms with van der Waals surface area (Å²) >= 11 is 0. The van der Waals surface area contributed by atoms with Gasteiger partial charge in [0.05, 0.1) is 11.7 Å². The Hall–Kier alpha value is -1.51. The summed E-state index contributed by atoms with van der Waals surface area (Å²) in [6, 6.07) is 7.84. The molecule has 0 bridgehead atoms. The van der Waals surface area contributed by atoms with Gasteiger partial charge in [-0.05, 0) is 25.0 Å². The number of carbonyl (C=O) groups excluding carboxylic acids is 1. The number of hydrogen-bond donors (Lipinski definition) is 0. The maximum absolute atomic E-state index is 12.3.